The number of hydrogen-bond donors (Lipinski definition) is 1. The van der Waals surface area contributed by atoms with Gasteiger partial charge in [0.25, 0.3) is 0 Å². The largest absolute Gasteiger partial charge is 0.495 e. The average molecular weight is 263 g/mol. The van der Waals surface area contributed by atoms with E-state index in [0.717, 1.165) is 43.3 Å². The van der Waals surface area contributed by atoms with E-state index >= 15 is 0 Å². The molecule has 0 atom stereocenters. The first-order valence-corrected chi connectivity index (χ1v) is 6.52. The maximum atomic E-state index is 11.3. The summed E-state index contributed by atoms with van der Waals surface area (Å²) in [6, 6.07) is 6.14. The van der Waals surface area contributed by atoms with Crippen LogP contribution in [0.2, 0.25) is 0 Å². The topological polar surface area (TPSA) is 44.8 Å². The number of amides is 1. The summed E-state index contributed by atoms with van der Waals surface area (Å²) in [5, 5.41) is 3.10. The standard InChI is InChI=1S/C14H21N3O2/c1-11(18)16-6-8-17(9-7-16)12-4-5-13(15-2)14(10-12)19-3/h4-5,10,15H,6-9H2,1-3H3. The molecule has 104 valence electrons. The number of carbonyl (C=O) groups excluding carboxylic acids is 1. The summed E-state index contributed by atoms with van der Waals surface area (Å²) in [4.78, 5) is 15.5. The molecule has 1 heterocycles. The summed E-state index contributed by atoms with van der Waals surface area (Å²) >= 11 is 0. The molecule has 0 bridgehead atoms. The minimum atomic E-state index is 0.155. The van der Waals surface area contributed by atoms with Crippen LogP contribution in [0.25, 0.3) is 0 Å². The quantitative estimate of drug-likeness (QED) is 0.895. The van der Waals surface area contributed by atoms with E-state index in [9.17, 15) is 4.79 Å². The van der Waals surface area contributed by atoms with Crippen LogP contribution in [0.4, 0.5) is 11.4 Å². The van der Waals surface area contributed by atoms with Crippen LogP contribution in [0.3, 0.4) is 0 Å². The van der Waals surface area contributed by atoms with Crippen LogP contribution in [-0.4, -0.2) is 51.1 Å². The lowest BCUT2D eigenvalue weighted by molar-refractivity contribution is -0.129. The Morgan fingerprint density at radius 3 is 2.47 bits per heavy atom. The van der Waals surface area contributed by atoms with Crippen molar-refractivity contribution in [2.75, 3.05) is 50.6 Å². The minimum Gasteiger partial charge on any atom is -0.495 e. The summed E-state index contributed by atoms with van der Waals surface area (Å²) in [6.45, 7) is 4.92. The average Bonchev–Trinajstić information content (AvgIpc) is 2.46. The second kappa shape index (κ2) is 5.82. The van der Waals surface area contributed by atoms with Crippen molar-refractivity contribution in [1.82, 2.24) is 4.90 Å². The van der Waals surface area contributed by atoms with Crippen molar-refractivity contribution in [2.24, 2.45) is 0 Å². The van der Waals surface area contributed by atoms with E-state index in [-0.39, 0.29) is 5.91 Å². The van der Waals surface area contributed by atoms with Gasteiger partial charge in [-0.3, -0.25) is 4.79 Å². The van der Waals surface area contributed by atoms with E-state index < -0.39 is 0 Å². The molecule has 5 heteroatoms. The number of benzene rings is 1. The highest BCUT2D eigenvalue weighted by molar-refractivity contribution is 5.73. The van der Waals surface area contributed by atoms with Gasteiger partial charge in [0.1, 0.15) is 5.75 Å². The number of methoxy groups -OCH3 is 1. The number of rotatable bonds is 3. The van der Waals surface area contributed by atoms with Crippen molar-refractivity contribution in [3.63, 3.8) is 0 Å². The van der Waals surface area contributed by atoms with Gasteiger partial charge in [-0.2, -0.15) is 0 Å². The van der Waals surface area contributed by atoms with Gasteiger partial charge in [-0.25, -0.2) is 0 Å². The highest BCUT2D eigenvalue weighted by atomic mass is 16.5. The molecule has 1 amide bonds. The zero-order valence-corrected chi connectivity index (χ0v) is 11.8. The lowest BCUT2D eigenvalue weighted by Gasteiger charge is -2.35. The van der Waals surface area contributed by atoms with Gasteiger partial charge in [-0.15, -0.1) is 0 Å². The fourth-order valence-electron chi connectivity index (χ4n) is 2.36. The van der Waals surface area contributed by atoms with E-state index in [1.807, 2.05) is 24.1 Å². The predicted molar refractivity (Wildman–Crippen MR) is 77.0 cm³/mol. The number of hydrogen-bond acceptors (Lipinski definition) is 4. The molecule has 0 radical (unpaired) electrons. The normalized spacial score (nSPS) is 15.3. The van der Waals surface area contributed by atoms with Gasteiger partial charge in [0, 0.05) is 51.9 Å². The van der Waals surface area contributed by atoms with Crippen molar-refractivity contribution in [1.29, 1.82) is 0 Å². The van der Waals surface area contributed by atoms with Gasteiger partial charge >= 0.3 is 0 Å². The van der Waals surface area contributed by atoms with Crippen LogP contribution in [0, 0.1) is 0 Å². The molecule has 2 rings (SSSR count). The van der Waals surface area contributed by atoms with Gasteiger partial charge in [0.2, 0.25) is 5.91 Å². The molecule has 1 aromatic rings. The summed E-state index contributed by atoms with van der Waals surface area (Å²) < 4.78 is 5.37. The van der Waals surface area contributed by atoms with Crippen LogP contribution < -0.4 is 15.0 Å². The van der Waals surface area contributed by atoms with Gasteiger partial charge in [0.15, 0.2) is 0 Å². The van der Waals surface area contributed by atoms with Crippen LogP contribution in [0.15, 0.2) is 18.2 Å². The Kier molecular flexibility index (Phi) is 4.14. The second-order valence-electron chi connectivity index (χ2n) is 4.63. The maximum absolute atomic E-state index is 11.3. The molecule has 1 aliphatic rings. The molecular weight excluding hydrogens is 242 g/mol. The number of ether oxygens (including phenoxy) is 1. The third-order valence-corrected chi connectivity index (χ3v) is 3.54. The molecule has 0 aliphatic carbocycles. The van der Waals surface area contributed by atoms with E-state index in [1.54, 1.807) is 14.0 Å². The van der Waals surface area contributed by atoms with E-state index in [4.69, 9.17) is 4.74 Å². The molecule has 0 spiro atoms. The number of piperazine rings is 1. The smallest absolute Gasteiger partial charge is 0.219 e. The van der Waals surface area contributed by atoms with Crippen molar-refractivity contribution >= 4 is 17.3 Å². The molecule has 0 saturated carbocycles. The summed E-state index contributed by atoms with van der Waals surface area (Å²) in [6.07, 6.45) is 0. The highest BCUT2D eigenvalue weighted by Crippen LogP contribution is 2.29. The maximum Gasteiger partial charge on any atom is 0.219 e. The number of carbonyl (C=O) groups is 1. The zero-order chi connectivity index (χ0) is 13.8. The zero-order valence-electron chi connectivity index (χ0n) is 11.8. The Morgan fingerprint density at radius 1 is 1.26 bits per heavy atom. The molecule has 5 nitrogen and oxygen atoms in total. The third-order valence-electron chi connectivity index (χ3n) is 3.54. The third kappa shape index (κ3) is 2.92. The van der Waals surface area contributed by atoms with Crippen LogP contribution in [0.5, 0.6) is 5.75 Å². The van der Waals surface area contributed by atoms with Crippen molar-refractivity contribution in [2.45, 2.75) is 6.92 Å². The first kappa shape index (κ1) is 13.5. The molecule has 1 aromatic carbocycles. The van der Waals surface area contributed by atoms with Crippen LogP contribution in [0.1, 0.15) is 6.92 Å². The molecule has 1 aliphatic heterocycles. The minimum absolute atomic E-state index is 0.155. The van der Waals surface area contributed by atoms with E-state index in [0.29, 0.717) is 0 Å². The molecule has 19 heavy (non-hydrogen) atoms. The Hall–Kier alpha value is -1.91. The second-order valence-corrected chi connectivity index (χ2v) is 4.63. The Bertz CT molecular complexity index is 454. The van der Waals surface area contributed by atoms with Gasteiger partial charge < -0.3 is 19.9 Å². The fourth-order valence-corrected chi connectivity index (χ4v) is 2.36. The van der Waals surface area contributed by atoms with Crippen LogP contribution >= 0.6 is 0 Å². The monoisotopic (exact) mass is 263 g/mol. The van der Waals surface area contributed by atoms with Gasteiger partial charge in [0.05, 0.1) is 12.8 Å². The van der Waals surface area contributed by atoms with Crippen LogP contribution in [-0.2, 0) is 4.79 Å². The molecule has 1 fully saturated rings. The lowest BCUT2D eigenvalue weighted by Crippen LogP contribution is -2.48. The Balaban J connectivity index is 2.09. The highest BCUT2D eigenvalue weighted by Gasteiger charge is 2.19. The fraction of sp³-hybridized carbons (Fsp3) is 0.500. The van der Waals surface area contributed by atoms with Gasteiger partial charge in [-0.1, -0.05) is 0 Å². The molecular formula is C14H21N3O2. The van der Waals surface area contributed by atoms with Crippen molar-refractivity contribution in [3.8, 4) is 5.75 Å². The summed E-state index contributed by atoms with van der Waals surface area (Å²) in [5.41, 5.74) is 2.12. The molecule has 0 aromatic heterocycles. The Morgan fingerprint density at radius 2 is 1.95 bits per heavy atom. The lowest BCUT2D eigenvalue weighted by atomic mass is 10.2. The molecule has 1 N–H and O–H groups in total. The van der Waals surface area contributed by atoms with E-state index in [2.05, 4.69) is 16.3 Å². The molecule has 0 unspecified atom stereocenters. The number of nitrogens with zero attached hydrogens (tertiary/aromatic N) is 2. The first-order valence-electron chi connectivity index (χ1n) is 6.52. The Labute approximate surface area is 114 Å². The first-order chi connectivity index (χ1) is 9.15. The number of nitrogens with one attached hydrogen (secondary N) is 1. The summed E-state index contributed by atoms with van der Waals surface area (Å²) in [5.74, 6) is 0.997. The van der Waals surface area contributed by atoms with Crippen molar-refractivity contribution in [3.05, 3.63) is 18.2 Å². The van der Waals surface area contributed by atoms with E-state index in [1.165, 1.54) is 0 Å². The predicted octanol–water partition coefficient (Wildman–Crippen LogP) is 1.41. The molecule has 1 saturated heterocycles. The van der Waals surface area contributed by atoms with Gasteiger partial charge in [-0.05, 0) is 12.1 Å². The van der Waals surface area contributed by atoms with Crippen molar-refractivity contribution < 1.29 is 9.53 Å². The number of anilines is 2. The summed E-state index contributed by atoms with van der Waals surface area (Å²) in [7, 11) is 3.55. The SMILES string of the molecule is CNc1ccc(N2CCN(C(C)=O)CC2)cc1OC.